The van der Waals surface area contributed by atoms with Gasteiger partial charge in [0, 0.05) is 10.6 Å². The second-order valence-electron chi connectivity index (χ2n) is 4.15. The molecule has 5 heteroatoms. The highest BCUT2D eigenvalue weighted by molar-refractivity contribution is 6.30. The Morgan fingerprint density at radius 1 is 1.22 bits per heavy atom. The summed E-state index contributed by atoms with van der Waals surface area (Å²) < 4.78 is 0. The molecule has 0 atom stereocenters. The molecule has 0 fully saturated rings. The van der Waals surface area contributed by atoms with E-state index in [4.69, 9.17) is 11.6 Å². The summed E-state index contributed by atoms with van der Waals surface area (Å²) in [6.07, 6.45) is 2.07. The lowest BCUT2D eigenvalue weighted by Crippen LogP contribution is -2.28. The third kappa shape index (κ3) is 2.28. The van der Waals surface area contributed by atoms with Crippen LogP contribution in [0.2, 0.25) is 5.02 Å². The highest BCUT2D eigenvalue weighted by Gasteiger charge is 2.22. The van der Waals surface area contributed by atoms with E-state index in [-0.39, 0.29) is 12.4 Å². The lowest BCUT2D eigenvalue weighted by Gasteiger charge is -2.21. The Hall–Kier alpha value is -1.32. The molecule has 2 aliphatic heterocycles. The maximum atomic E-state index is 5.88. The summed E-state index contributed by atoms with van der Waals surface area (Å²) in [4.78, 5) is 4.43. The first-order chi connectivity index (χ1) is 8.24. The zero-order valence-electron chi connectivity index (χ0n) is 9.93. The topological polar surface area (TPSA) is 28.0 Å². The van der Waals surface area contributed by atoms with Gasteiger partial charge in [0.15, 0.2) is 0 Å². The number of halogens is 2. The van der Waals surface area contributed by atoms with Crippen molar-refractivity contribution in [2.75, 3.05) is 13.1 Å². The van der Waals surface area contributed by atoms with Crippen LogP contribution in [0.15, 0.2) is 46.0 Å². The molecule has 0 aromatic heterocycles. The Balaban J connectivity index is 0.00000120. The van der Waals surface area contributed by atoms with E-state index < -0.39 is 0 Å². The first-order valence-corrected chi connectivity index (χ1v) is 5.97. The summed E-state index contributed by atoms with van der Waals surface area (Å²) in [6.45, 7) is 3.78. The minimum atomic E-state index is 0. The Morgan fingerprint density at radius 3 is 2.67 bits per heavy atom. The van der Waals surface area contributed by atoms with Crippen LogP contribution in [0.4, 0.5) is 0 Å². The van der Waals surface area contributed by atoms with Gasteiger partial charge in [-0.05, 0) is 30.7 Å². The Kier molecular flexibility index (Phi) is 3.73. The van der Waals surface area contributed by atoms with E-state index in [2.05, 4.69) is 23.1 Å². The fourth-order valence-corrected chi connectivity index (χ4v) is 2.18. The van der Waals surface area contributed by atoms with Gasteiger partial charge < -0.3 is 0 Å². The van der Waals surface area contributed by atoms with E-state index in [0.717, 1.165) is 35.2 Å². The van der Waals surface area contributed by atoms with Gasteiger partial charge in [0.25, 0.3) is 0 Å². The molecule has 0 saturated heterocycles. The molecule has 3 rings (SSSR count). The number of fused-ring (bicyclic) bond motifs is 1. The standard InChI is InChI=1S/C13H12ClN3.ClH/c1-9-8-12(10-2-4-11(14)5-3-10)16-17-7-6-15-13(9)17;/h2-5,8H,6-7H2,1H3;1H. The Morgan fingerprint density at radius 2 is 1.94 bits per heavy atom. The molecule has 1 aromatic carbocycles. The number of hydrogen-bond acceptors (Lipinski definition) is 3. The molecule has 0 radical (unpaired) electrons. The van der Waals surface area contributed by atoms with Crippen molar-refractivity contribution in [1.82, 2.24) is 5.01 Å². The fourth-order valence-electron chi connectivity index (χ4n) is 2.05. The fraction of sp³-hybridized carbons (Fsp3) is 0.231. The monoisotopic (exact) mass is 281 g/mol. The summed E-state index contributed by atoms with van der Waals surface area (Å²) >= 11 is 5.88. The quantitative estimate of drug-likeness (QED) is 0.777. The molecule has 0 unspecified atom stereocenters. The van der Waals surface area contributed by atoms with Gasteiger partial charge in [-0.25, -0.2) is 5.01 Å². The van der Waals surface area contributed by atoms with Gasteiger partial charge in [-0.1, -0.05) is 23.7 Å². The normalized spacial score (nSPS) is 17.4. The van der Waals surface area contributed by atoms with Crippen molar-refractivity contribution in [3.63, 3.8) is 0 Å². The van der Waals surface area contributed by atoms with Crippen LogP contribution in [0.25, 0.3) is 0 Å². The number of aliphatic imine (C=N–C) groups is 1. The largest absolute Gasteiger partial charge is 0.265 e. The van der Waals surface area contributed by atoms with Gasteiger partial charge in [-0.2, -0.15) is 5.10 Å². The van der Waals surface area contributed by atoms with Crippen LogP contribution in [-0.4, -0.2) is 29.6 Å². The number of rotatable bonds is 1. The molecular weight excluding hydrogens is 269 g/mol. The van der Waals surface area contributed by atoms with Crippen molar-refractivity contribution in [2.24, 2.45) is 10.1 Å². The predicted molar refractivity (Wildman–Crippen MR) is 78.0 cm³/mol. The summed E-state index contributed by atoms with van der Waals surface area (Å²) in [5.74, 6) is 1.00. The van der Waals surface area contributed by atoms with Crippen LogP contribution in [0.1, 0.15) is 12.5 Å². The molecule has 0 bridgehead atoms. The number of nitrogens with zero attached hydrogens (tertiary/aromatic N) is 3. The average Bonchev–Trinajstić information content (AvgIpc) is 2.78. The third-order valence-corrected chi connectivity index (χ3v) is 3.14. The van der Waals surface area contributed by atoms with Gasteiger partial charge in [0.1, 0.15) is 5.84 Å². The molecule has 0 aliphatic carbocycles. The highest BCUT2D eigenvalue weighted by Crippen LogP contribution is 2.19. The summed E-state index contributed by atoms with van der Waals surface area (Å²) in [5.41, 5.74) is 3.22. The van der Waals surface area contributed by atoms with Gasteiger partial charge in [-0.3, -0.25) is 4.99 Å². The van der Waals surface area contributed by atoms with Gasteiger partial charge in [-0.15, -0.1) is 12.4 Å². The molecule has 18 heavy (non-hydrogen) atoms. The molecule has 2 heterocycles. The van der Waals surface area contributed by atoms with E-state index in [1.54, 1.807) is 0 Å². The molecule has 1 aromatic rings. The zero-order valence-corrected chi connectivity index (χ0v) is 11.5. The van der Waals surface area contributed by atoms with Gasteiger partial charge in [0.05, 0.1) is 18.8 Å². The smallest absolute Gasteiger partial charge is 0.147 e. The van der Waals surface area contributed by atoms with Crippen LogP contribution in [0.5, 0.6) is 0 Å². The van der Waals surface area contributed by atoms with Crippen molar-refractivity contribution < 1.29 is 0 Å². The highest BCUT2D eigenvalue weighted by atomic mass is 35.5. The molecule has 3 nitrogen and oxygen atoms in total. The maximum Gasteiger partial charge on any atom is 0.147 e. The second kappa shape index (κ2) is 5.12. The van der Waals surface area contributed by atoms with Gasteiger partial charge in [0.2, 0.25) is 0 Å². The van der Waals surface area contributed by atoms with Crippen LogP contribution in [-0.2, 0) is 0 Å². The molecule has 0 spiro atoms. The van der Waals surface area contributed by atoms with E-state index in [9.17, 15) is 0 Å². The van der Waals surface area contributed by atoms with Crippen molar-refractivity contribution in [3.8, 4) is 0 Å². The SMILES string of the molecule is CC1=CC(c2ccc(Cl)cc2)=NN2CCN=C12.Cl. The van der Waals surface area contributed by atoms with Crippen molar-refractivity contribution in [2.45, 2.75) is 6.92 Å². The van der Waals surface area contributed by atoms with Crippen LogP contribution in [0.3, 0.4) is 0 Å². The lowest BCUT2D eigenvalue weighted by molar-refractivity contribution is 0.487. The van der Waals surface area contributed by atoms with E-state index in [1.165, 1.54) is 5.57 Å². The molecule has 94 valence electrons. The first-order valence-electron chi connectivity index (χ1n) is 5.59. The minimum absolute atomic E-state index is 0. The second-order valence-corrected chi connectivity index (χ2v) is 4.58. The third-order valence-electron chi connectivity index (χ3n) is 2.89. The molecule has 2 aliphatic rings. The number of hydrogen-bond donors (Lipinski definition) is 0. The lowest BCUT2D eigenvalue weighted by atomic mass is 10.1. The Labute approximate surface area is 117 Å². The number of allylic oxidation sites excluding steroid dienone is 1. The number of amidine groups is 1. The van der Waals surface area contributed by atoms with Crippen LogP contribution < -0.4 is 0 Å². The summed E-state index contributed by atoms with van der Waals surface area (Å²) in [5, 5.41) is 7.31. The number of benzene rings is 1. The van der Waals surface area contributed by atoms with Gasteiger partial charge >= 0.3 is 0 Å². The molecule has 0 amide bonds. The van der Waals surface area contributed by atoms with E-state index in [0.29, 0.717) is 0 Å². The Bertz CT molecular complexity index is 544. The minimum Gasteiger partial charge on any atom is -0.265 e. The average molecular weight is 282 g/mol. The number of hydrazone groups is 1. The molecule has 0 N–H and O–H groups in total. The van der Waals surface area contributed by atoms with E-state index >= 15 is 0 Å². The van der Waals surface area contributed by atoms with Crippen LogP contribution >= 0.6 is 24.0 Å². The zero-order chi connectivity index (χ0) is 11.8. The van der Waals surface area contributed by atoms with Crippen molar-refractivity contribution in [3.05, 3.63) is 46.5 Å². The molecule has 0 saturated carbocycles. The van der Waals surface area contributed by atoms with Crippen LogP contribution in [0, 0.1) is 0 Å². The summed E-state index contributed by atoms with van der Waals surface area (Å²) in [6, 6.07) is 7.75. The first kappa shape index (κ1) is 13.1. The van der Waals surface area contributed by atoms with Crippen molar-refractivity contribution in [1.29, 1.82) is 0 Å². The van der Waals surface area contributed by atoms with E-state index in [1.807, 2.05) is 29.3 Å². The molecular formula is C13H13Cl2N3. The predicted octanol–water partition coefficient (Wildman–Crippen LogP) is 3.14. The summed E-state index contributed by atoms with van der Waals surface area (Å²) in [7, 11) is 0. The van der Waals surface area contributed by atoms with Crippen molar-refractivity contribution >= 4 is 35.6 Å². The maximum absolute atomic E-state index is 5.88.